The van der Waals surface area contributed by atoms with E-state index in [1.165, 1.54) is 4.31 Å². The summed E-state index contributed by atoms with van der Waals surface area (Å²) in [7, 11) is -3.61. The summed E-state index contributed by atoms with van der Waals surface area (Å²) in [4.78, 5) is 14.4. The van der Waals surface area contributed by atoms with E-state index in [9.17, 15) is 13.2 Å². The van der Waals surface area contributed by atoms with Crippen LogP contribution in [0.15, 0.2) is 9.42 Å². The number of sulfonamides is 1. The van der Waals surface area contributed by atoms with E-state index in [4.69, 9.17) is 4.52 Å². The van der Waals surface area contributed by atoms with Crippen molar-refractivity contribution in [3.05, 3.63) is 11.5 Å². The summed E-state index contributed by atoms with van der Waals surface area (Å²) in [6, 6.07) is 0. The topological polar surface area (TPSA) is 83.7 Å². The van der Waals surface area contributed by atoms with Crippen LogP contribution in [0.1, 0.15) is 38.1 Å². The van der Waals surface area contributed by atoms with Crippen molar-refractivity contribution in [2.75, 3.05) is 26.2 Å². The van der Waals surface area contributed by atoms with Gasteiger partial charge in [-0.1, -0.05) is 5.16 Å². The van der Waals surface area contributed by atoms with Crippen LogP contribution < -0.4 is 0 Å². The predicted octanol–water partition coefficient (Wildman–Crippen LogP) is 1.56. The summed E-state index contributed by atoms with van der Waals surface area (Å²) < 4.78 is 31.9. The monoisotopic (exact) mass is 343 g/mol. The zero-order chi connectivity index (χ0) is 17.2. The number of rotatable bonds is 5. The summed E-state index contributed by atoms with van der Waals surface area (Å²) in [6.45, 7) is 9.22. The quantitative estimate of drug-likeness (QED) is 0.810. The summed E-state index contributed by atoms with van der Waals surface area (Å²) in [5.41, 5.74) is 0.379. The normalized spacial score (nSPS) is 17.4. The molecule has 1 aromatic rings. The molecule has 23 heavy (non-hydrogen) atoms. The molecule has 1 fully saturated rings. The van der Waals surface area contributed by atoms with Crippen LogP contribution in [0, 0.1) is 19.8 Å². The molecular formula is C15H25N3O4S. The van der Waals surface area contributed by atoms with E-state index in [0.29, 0.717) is 50.5 Å². The molecule has 1 aliphatic rings. The van der Waals surface area contributed by atoms with Gasteiger partial charge in [0.25, 0.3) is 0 Å². The van der Waals surface area contributed by atoms with E-state index in [1.807, 2.05) is 18.7 Å². The molecule has 0 atom stereocenters. The van der Waals surface area contributed by atoms with Crippen molar-refractivity contribution in [2.45, 2.75) is 45.4 Å². The molecule has 0 spiro atoms. The van der Waals surface area contributed by atoms with Crippen molar-refractivity contribution in [1.82, 2.24) is 14.4 Å². The SMILES string of the molecule is CCN(CC)C(=O)C1CCN(S(=O)(=O)c2c(C)noc2C)CC1. The zero-order valence-corrected chi connectivity index (χ0v) is 15.0. The second kappa shape index (κ2) is 7.00. The first-order valence-corrected chi connectivity index (χ1v) is 9.48. The first-order valence-electron chi connectivity index (χ1n) is 8.04. The average Bonchev–Trinajstić information content (AvgIpc) is 2.88. The maximum Gasteiger partial charge on any atom is 0.248 e. The van der Waals surface area contributed by atoms with Crippen molar-refractivity contribution in [1.29, 1.82) is 0 Å². The summed E-state index contributed by atoms with van der Waals surface area (Å²) in [5.74, 6) is 0.347. The minimum absolute atomic E-state index is 0.0916. The highest BCUT2D eigenvalue weighted by atomic mass is 32.2. The molecule has 0 aliphatic carbocycles. The van der Waals surface area contributed by atoms with E-state index in [2.05, 4.69) is 5.16 Å². The van der Waals surface area contributed by atoms with Crippen LogP contribution in [0.2, 0.25) is 0 Å². The third-order valence-electron chi connectivity index (χ3n) is 4.44. The number of amides is 1. The van der Waals surface area contributed by atoms with Gasteiger partial charge < -0.3 is 9.42 Å². The Morgan fingerprint density at radius 1 is 1.26 bits per heavy atom. The molecule has 8 heteroatoms. The van der Waals surface area contributed by atoms with Crippen molar-refractivity contribution < 1.29 is 17.7 Å². The Hall–Kier alpha value is -1.41. The predicted molar refractivity (Wildman–Crippen MR) is 85.4 cm³/mol. The molecule has 0 unspecified atom stereocenters. The third kappa shape index (κ3) is 3.42. The first-order chi connectivity index (χ1) is 10.8. The minimum atomic E-state index is -3.61. The van der Waals surface area contributed by atoms with Gasteiger partial charge in [0.15, 0.2) is 5.76 Å². The van der Waals surface area contributed by atoms with Gasteiger partial charge in [0.2, 0.25) is 15.9 Å². The van der Waals surface area contributed by atoms with Gasteiger partial charge in [-0.15, -0.1) is 0 Å². The van der Waals surface area contributed by atoms with E-state index in [0.717, 1.165) is 0 Å². The van der Waals surface area contributed by atoms with Crippen LogP contribution in [0.25, 0.3) is 0 Å². The molecule has 0 saturated carbocycles. The molecule has 0 radical (unpaired) electrons. The van der Waals surface area contributed by atoms with Crippen LogP contribution >= 0.6 is 0 Å². The van der Waals surface area contributed by atoms with Gasteiger partial charge in [-0.2, -0.15) is 4.31 Å². The van der Waals surface area contributed by atoms with Gasteiger partial charge in [-0.3, -0.25) is 4.79 Å². The highest BCUT2D eigenvalue weighted by Gasteiger charge is 2.36. The standard InChI is InChI=1S/C15H25N3O4S/c1-5-17(6-2)15(19)13-7-9-18(10-8-13)23(20,21)14-11(3)16-22-12(14)4/h13H,5-10H2,1-4H3. The Kier molecular flexibility index (Phi) is 5.46. The molecular weight excluding hydrogens is 318 g/mol. The van der Waals surface area contributed by atoms with Crippen molar-refractivity contribution in [3.8, 4) is 0 Å². The van der Waals surface area contributed by atoms with Crippen LogP contribution in [-0.2, 0) is 14.8 Å². The van der Waals surface area contributed by atoms with Crippen molar-refractivity contribution in [2.24, 2.45) is 5.92 Å². The Morgan fingerprint density at radius 2 is 1.83 bits per heavy atom. The molecule has 0 bridgehead atoms. The lowest BCUT2D eigenvalue weighted by atomic mass is 9.96. The second-order valence-electron chi connectivity index (χ2n) is 5.84. The Morgan fingerprint density at radius 3 is 2.26 bits per heavy atom. The number of carbonyl (C=O) groups is 1. The van der Waals surface area contributed by atoms with Crippen LogP contribution in [0.5, 0.6) is 0 Å². The molecule has 1 aromatic heterocycles. The molecule has 2 rings (SSSR count). The zero-order valence-electron chi connectivity index (χ0n) is 14.2. The van der Waals surface area contributed by atoms with Crippen LogP contribution in [0.3, 0.4) is 0 Å². The summed E-state index contributed by atoms with van der Waals surface area (Å²) in [5, 5.41) is 3.72. The van der Waals surface area contributed by atoms with Gasteiger partial charge in [0.1, 0.15) is 10.6 Å². The third-order valence-corrected chi connectivity index (χ3v) is 6.59. The number of hydrogen-bond acceptors (Lipinski definition) is 5. The fourth-order valence-electron chi connectivity index (χ4n) is 3.11. The molecule has 7 nitrogen and oxygen atoms in total. The molecule has 130 valence electrons. The van der Waals surface area contributed by atoms with Crippen LogP contribution in [-0.4, -0.2) is 54.9 Å². The molecule has 2 heterocycles. The first kappa shape index (κ1) is 17.9. The Bertz CT molecular complexity index is 637. The minimum Gasteiger partial charge on any atom is -0.360 e. The largest absolute Gasteiger partial charge is 0.360 e. The van der Waals surface area contributed by atoms with Crippen molar-refractivity contribution in [3.63, 3.8) is 0 Å². The van der Waals surface area contributed by atoms with Crippen molar-refractivity contribution >= 4 is 15.9 Å². The lowest BCUT2D eigenvalue weighted by Gasteiger charge is -2.33. The number of piperidine rings is 1. The van der Waals surface area contributed by atoms with Gasteiger partial charge in [0.05, 0.1) is 0 Å². The molecule has 0 N–H and O–H groups in total. The molecule has 1 amide bonds. The second-order valence-corrected chi connectivity index (χ2v) is 7.72. The molecule has 0 aromatic carbocycles. The number of nitrogens with zero attached hydrogens (tertiary/aromatic N) is 3. The van der Waals surface area contributed by atoms with E-state index < -0.39 is 10.0 Å². The molecule has 1 aliphatic heterocycles. The summed E-state index contributed by atoms with van der Waals surface area (Å²) in [6.07, 6.45) is 1.11. The summed E-state index contributed by atoms with van der Waals surface area (Å²) >= 11 is 0. The number of carbonyl (C=O) groups excluding carboxylic acids is 1. The van der Waals surface area contributed by atoms with Gasteiger partial charge >= 0.3 is 0 Å². The fourth-order valence-corrected chi connectivity index (χ4v) is 4.87. The maximum atomic E-state index is 12.7. The highest BCUT2D eigenvalue weighted by Crippen LogP contribution is 2.28. The average molecular weight is 343 g/mol. The fraction of sp³-hybridized carbons (Fsp3) is 0.733. The van der Waals surface area contributed by atoms with E-state index in [-0.39, 0.29) is 16.7 Å². The lowest BCUT2D eigenvalue weighted by Crippen LogP contribution is -2.44. The Labute approximate surface area is 137 Å². The maximum absolute atomic E-state index is 12.7. The van der Waals surface area contributed by atoms with Gasteiger partial charge in [0, 0.05) is 32.1 Å². The van der Waals surface area contributed by atoms with Crippen LogP contribution in [0.4, 0.5) is 0 Å². The molecule has 1 saturated heterocycles. The number of aromatic nitrogens is 1. The van der Waals surface area contributed by atoms with E-state index in [1.54, 1.807) is 13.8 Å². The number of hydrogen-bond donors (Lipinski definition) is 0. The van der Waals surface area contributed by atoms with E-state index >= 15 is 0 Å². The highest BCUT2D eigenvalue weighted by molar-refractivity contribution is 7.89. The lowest BCUT2D eigenvalue weighted by molar-refractivity contribution is -0.136. The Balaban J connectivity index is 2.09. The smallest absolute Gasteiger partial charge is 0.248 e. The van der Waals surface area contributed by atoms with Gasteiger partial charge in [-0.25, -0.2) is 8.42 Å². The number of aryl methyl sites for hydroxylation is 2. The van der Waals surface area contributed by atoms with Gasteiger partial charge in [-0.05, 0) is 40.5 Å².